The van der Waals surface area contributed by atoms with E-state index in [1.807, 2.05) is 25.1 Å². The predicted octanol–water partition coefficient (Wildman–Crippen LogP) is 1.21. The highest BCUT2D eigenvalue weighted by Gasteiger charge is 2.42. The van der Waals surface area contributed by atoms with Crippen molar-refractivity contribution < 1.29 is 14.8 Å². The highest BCUT2D eigenvalue weighted by atomic mass is 16.5. The number of amides is 1. The number of hydroxylamine groups is 2. The molecule has 2 fully saturated rings. The fourth-order valence-electron chi connectivity index (χ4n) is 4.76. The first-order valence-corrected chi connectivity index (χ1v) is 11.9. The van der Waals surface area contributed by atoms with Crippen LogP contribution in [0.2, 0.25) is 0 Å². The van der Waals surface area contributed by atoms with Crippen LogP contribution in [0.25, 0.3) is 5.57 Å². The zero-order valence-corrected chi connectivity index (χ0v) is 19.6. The maximum Gasteiger partial charge on any atom is 0.258 e. The van der Waals surface area contributed by atoms with Crippen LogP contribution in [0.5, 0.6) is 0 Å². The molecule has 182 valence electrons. The fraction of sp³-hybridized carbons (Fsp3) is 0.480. The van der Waals surface area contributed by atoms with E-state index in [1.54, 1.807) is 12.3 Å². The van der Waals surface area contributed by atoms with E-state index in [-0.39, 0.29) is 24.3 Å². The summed E-state index contributed by atoms with van der Waals surface area (Å²) in [4.78, 5) is 31.0. The number of aryl methyl sites for hydroxylation is 1. The van der Waals surface area contributed by atoms with Crippen molar-refractivity contribution in [1.82, 2.24) is 21.0 Å². The Balaban J connectivity index is 1.49. The van der Waals surface area contributed by atoms with E-state index < -0.39 is 23.8 Å². The van der Waals surface area contributed by atoms with Crippen LogP contribution >= 0.6 is 0 Å². The van der Waals surface area contributed by atoms with Gasteiger partial charge in [-0.05, 0) is 68.0 Å². The Hall–Kier alpha value is -3.57. The van der Waals surface area contributed by atoms with E-state index in [0.717, 1.165) is 29.5 Å². The van der Waals surface area contributed by atoms with Crippen LogP contribution in [0.15, 0.2) is 29.3 Å². The van der Waals surface area contributed by atoms with Crippen molar-refractivity contribution in [3.8, 4) is 12.3 Å². The van der Waals surface area contributed by atoms with Crippen LogP contribution in [0, 0.1) is 41.5 Å². The van der Waals surface area contributed by atoms with Crippen LogP contribution in [-0.2, 0) is 9.59 Å². The molecule has 4 N–H and O–H groups in total. The van der Waals surface area contributed by atoms with Gasteiger partial charge in [0.25, 0.3) is 5.91 Å². The molecule has 1 saturated carbocycles. The van der Waals surface area contributed by atoms with E-state index in [2.05, 4.69) is 27.0 Å². The van der Waals surface area contributed by atoms with E-state index in [1.165, 1.54) is 0 Å². The number of nitrogens with zero attached hydrogens (tertiary/aromatic N) is 4. The number of guanidine groups is 1. The average molecular weight is 476 g/mol. The number of Topliss-reactive ketones (excluding diaryl/α,β-unsaturated/α-hetero) is 1. The first-order chi connectivity index (χ1) is 16.9. The number of nitriles is 2. The van der Waals surface area contributed by atoms with Crippen molar-refractivity contribution in [2.45, 2.75) is 44.7 Å². The van der Waals surface area contributed by atoms with Gasteiger partial charge in [-0.2, -0.15) is 15.6 Å². The Kier molecular flexibility index (Phi) is 7.57. The minimum absolute atomic E-state index is 0.0162. The van der Waals surface area contributed by atoms with Gasteiger partial charge in [0.05, 0.1) is 29.6 Å². The molecular formula is C25H29N7O3. The highest BCUT2D eigenvalue weighted by molar-refractivity contribution is 6.00. The summed E-state index contributed by atoms with van der Waals surface area (Å²) in [5.41, 5.74) is 3.60. The summed E-state index contributed by atoms with van der Waals surface area (Å²) in [6.07, 6.45) is 6.38. The number of ketones is 1. The first kappa shape index (κ1) is 24.6. The number of benzene rings is 1. The van der Waals surface area contributed by atoms with Gasteiger partial charge in [0.2, 0.25) is 5.96 Å². The van der Waals surface area contributed by atoms with Crippen molar-refractivity contribution in [1.29, 1.82) is 10.5 Å². The van der Waals surface area contributed by atoms with Gasteiger partial charge in [0.1, 0.15) is 0 Å². The maximum absolute atomic E-state index is 13.6. The number of aliphatic imine (C=N–C) groups is 1. The molecule has 0 spiro atoms. The van der Waals surface area contributed by atoms with Gasteiger partial charge in [-0.25, -0.2) is 4.99 Å². The number of piperidine rings is 1. The fourth-order valence-corrected chi connectivity index (χ4v) is 4.76. The third-order valence-corrected chi connectivity index (χ3v) is 6.78. The van der Waals surface area contributed by atoms with Gasteiger partial charge in [-0.15, -0.1) is 0 Å². The second-order valence-corrected chi connectivity index (χ2v) is 9.21. The minimum Gasteiger partial charge on any atom is -0.316 e. The lowest BCUT2D eigenvalue weighted by Crippen LogP contribution is -2.54. The smallest absolute Gasteiger partial charge is 0.258 e. The van der Waals surface area contributed by atoms with E-state index in [9.17, 15) is 14.8 Å². The standard InChI is InChI=1S/C25H29N7O3/c1-15-10-16(12-26)2-5-19(15)17-6-9-29-22(11-17)23(33)20-7-8-28-13-21(20)24(34)32(35)25(30-14-27)31-18-3-4-18/h2,5-6,10,18,20-22,28-29,35H,3-4,7-9,11,13H2,1H3,(H,30,31)/t20-,21-,22?/m0/s1. The second kappa shape index (κ2) is 10.8. The summed E-state index contributed by atoms with van der Waals surface area (Å²) in [5, 5.41) is 37.8. The lowest BCUT2D eigenvalue weighted by molar-refractivity contribution is -0.159. The molecular weight excluding hydrogens is 446 g/mol. The number of hydrogen-bond acceptors (Lipinski definition) is 8. The number of carbonyl (C=O) groups excluding carboxylic acids is 2. The Labute approximate surface area is 204 Å². The Morgan fingerprint density at radius 3 is 2.71 bits per heavy atom. The molecule has 4 rings (SSSR count). The number of carbonyl (C=O) groups is 2. The molecule has 10 nitrogen and oxygen atoms in total. The highest BCUT2D eigenvalue weighted by Crippen LogP contribution is 2.30. The summed E-state index contributed by atoms with van der Waals surface area (Å²) in [5.74, 6) is -2.29. The molecule has 35 heavy (non-hydrogen) atoms. The van der Waals surface area contributed by atoms with E-state index >= 15 is 0 Å². The third-order valence-electron chi connectivity index (χ3n) is 6.78. The maximum atomic E-state index is 13.6. The molecule has 10 heteroatoms. The molecule has 0 radical (unpaired) electrons. The van der Waals surface area contributed by atoms with Gasteiger partial charge in [0.15, 0.2) is 12.0 Å². The van der Waals surface area contributed by atoms with E-state index in [4.69, 9.17) is 10.5 Å². The molecule has 1 saturated heterocycles. The van der Waals surface area contributed by atoms with Crippen LogP contribution in [0.3, 0.4) is 0 Å². The van der Waals surface area contributed by atoms with Crippen LogP contribution in [-0.4, -0.2) is 59.6 Å². The molecule has 0 bridgehead atoms. The summed E-state index contributed by atoms with van der Waals surface area (Å²) in [6.45, 7) is 3.31. The van der Waals surface area contributed by atoms with Gasteiger partial charge >= 0.3 is 0 Å². The monoisotopic (exact) mass is 475 g/mol. The van der Waals surface area contributed by atoms with Crippen LogP contribution < -0.4 is 16.0 Å². The van der Waals surface area contributed by atoms with Gasteiger partial charge < -0.3 is 10.6 Å². The lowest BCUT2D eigenvalue weighted by atomic mass is 9.78. The minimum atomic E-state index is -0.779. The lowest BCUT2D eigenvalue weighted by Gasteiger charge is -2.35. The van der Waals surface area contributed by atoms with Crippen molar-refractivity contribution in [2.24, 2.45) is 16.8 Å². The van der Waals surface area contributed by atoms with Crippen molar-refractivity contribution in [2.75, 3.05) is 19.6 Å². The zero-order valence-electron chi connectivity index (χ0n) is 19.6. The topological polar surface area (TPSA) is 154 Å². The van der Waals surface area contributed by atoms with Crippen LogP contribution in [0.4, 0.5) is 0 Å². The Morgan fingerprint density at radius 1 is 1.23 bits per heavy atom. The zero-order chi connectivity index (χ0) is 24.9. The number of rotatable bonds is 5. The molecule has 2 aliphatic heterocycles. The normalized spacial score (nSPS) is 24.5. The molecule has 3 atom stereocenters. The van der Waals surface area contributed by atoms with Crippen LogP contribution in [0.1, 0.15) is 42.4 Å². The SMILES string of the molecule is Cc1cc(C#N)ccc1C1=CCNC(C(=O)[C@H]2CCNC[C@@H]2C(=O)N(O)C(=NC2CC2)NC#N)C1. The molecule has 3 aliphatic rings. The Bertz CT molecular complexity index is 1140. The van der Waals surface area contributed by atoms with Crippen molar-refractivity contribution in [3.63, 3.8) is 0 Å². The molecule has 2 heterocycles. The Morgan fingerprint density at radius 2 is 2.03 bits per heavy atom. The average Bonchev–Trinajstić information content (AvgIpc) is 3.71. The van der Waals surface area contributed by atoms with Gasteiger partial charge in [0, 0.05) is 19.0 Å². The summed E-state index contributed by atoms with van der Waals surface area (Å²) in [7, 11) is 0. The van der Waals surface area contributed by atoms with Gasteiger partial charge in [-0.1, -0.05) is 12.1 Å². The quantitative estimate of drug-likeness (QED) is 0.124. The van der Waals surface area contributed by atoms with Crippen molar-refractivity contribution in [3.05, 3.63) is 41.0 Å². The molecule has 1 aliphatic carbocycles. The number of hydrogen-bond donors (Lipinski definition) is 4. The number of nitrogens with one attached hydrogen (secondary N) is 3. The van der Waals surface area contributed by atoms with Gasteiger partial charge in [-0.3, -0.25) is 20.1 Å². The van der Waals surface area contributed by atoms with Crippen molar-refractivity contribution >= 4 is 23.2 Å². The molecule has 1 unspecified atom stereocenters. The molecule has 1 aromatic rings. The first-order valence-electron chi connectivity index (χ1n) is 11.9. The third kappa shape index (κ3) is 5.57. The summed E-state index contributed by atoms with van der Waals surface area (Å²) >= 11 is 0. The second-order valence-electron chi connectivity index (χ2n) is 9.21. The summed E-state index contributed by atoms with van der Waals surface area (Å²) < 4.78 is 0. The summed E-state index contributed by atoms with van der Waals surface area (Å²) in [6, 6.07) is 7.18. The molecule has 0 aromatic heterocycles. The molecule has 1 amide bonds. The van der Waals surface area contributed by atoms with E-state index in [0.29, 0.717) is 36.6 Å². The predicted molar refractivity (Wildman–Crippen MR) is 128 cm³/mol. The molecule has 1 aromatic carbocycles. The largest absolute Gasteiger partial charge is 0.316 e.